The molecule has 0 aliphatic carbocycles. The third kappa shape index (κ3) is 4.86. The van der Waals surface area contributed by atoms with Gasteiger partial charge in [-0.2, -0.15) is 0 Å². The number of likely N-dealkylation sites (tertiary alicyclic amines) is 1. The van der Waals surface area contributed by atoms with Gasteiger partial charge in [-0.25, -0.2) is 4.79 Å². The number of carboxylic acid groups (broad SMARTS) is 1. The molecule has 7 nitrogen and oxygen atoms in total. The average molecular weight is 271 g/mol. The van der Waals surface area contributed by atoms with Gasteiger partial charge in [0.25, 0.3) is 0 Å². The topological polar surface area (TPSA) is 98.7 Å². The number of amides is 2. The van der Waals surface area contributed by atoms with E-state index in [2.05, 4.69) is 10.6 Å². The zero-order valence-corrected chi connectivity index (χ0v) is 11.3. The fourth-order valence-corrected chi connectivity index (χ4v) is 2.04. The van der Waals surface area contributed by atoms with Crippen LogP contribution in [0, 0.1) is 0 Å². The molecule has 19 heavy (non-hydrogen) atoms. The molecule has 0 aromatic heterocycles. The van der Waals surface area contributed by atoms with Gasteiger partial charge >= 0.3 is 5.97 Å². The summed E-state index contributed by atoms with van der Waals surface area (Å²) in [6.45, 7) is 4.51. The van der Waals surface area contributed by atoms with Crippen LogP contribution in [-0.4, -0.2) is 59.5 Å². The lowest BCUT2D eigenvalue weighted by atomic mass is 10.2. The molecule has 1 aliphatic heterocycles. The lowest BCUT2D eigenvalue weighted by molar-refractivity contribution is -0.141. The minimum absolute atomic E-state index is 0.0235. The summed E-state index contributed by atoms with van der Waals surface area (Å²) in [5.41, 5.74) is 0. The fraction of sp³-hybridized carbons (Fsp3) is 0.750. The monoisotopic (exact) mass is 271 g/mol. The van der Waals surface area contributed by atoms with Gasteiger partial charge in [0.15, 0.2) is 0 Å². The Morgan fingerprint density at radius 1 is 1.26 bits per heavy atom. The van der Waals surface area contributed by atoms with E-state index in [4.69, 9.17) is 5.11 Å². The molecule has 7 heteroatoms. The highest BCUT2D eigenvalue weighted by Gasteiger charge is 2.25. The maximum absolute atomic E-state index is 12.0. The van der Waals surface area contributed by atoms with Crippen molar-refractivity contribution in [1.82, 2.24) is 15.5 Å². The van der Waals surface area contributed by atoms with Crippen molar-refractivity contribution in [2.45, 2.75) is 38.8 Å². The summed E-state index contributed by atoms with van der Waals surface area (Å²) in [7, 11) is 0. The number of hydrogen-bond donors (Lipinski definition) is 3. The van der Waals surface area contributed by atoms with Crippen LogP contribution in [0.3, 0.4) is 0 Å². The van der Waals surface area contributed by atoms with Crippen LogP contribution in [-0.2, 0) is 14.4 Å². The van der Waals surface area contributed by atoms with Crippen molar-refractivity contribution in [3.05, 3.63) is 0 Å². The van der Waals surface area contributed by atoms with E-state index in [9.17, 15) is 14.4 Å². The first-order chi connectivity index (χ1) is 8.91. The Kier molecular flexibility index (Phi) is 5.75. The first kappa shape index (κ1) is 15.4. The Hall–Kier alpha value is -1.63. The number of carbonyl (C=O) groups is 3. The molecule has 108 valence electrons. The molecule has 3 N–H and O–H groups in total. The van der Waals surface area contributed by atoms with Crippen molar-refractivity contribution in [2.24, 2.45) is 0 Å². The molecule has 2 atom stereocenters. The lowest BCUT2D eigenvalue weighted by Crippen LogP contribution is -2.51. The van der Waals surface area contributed by atoms with Gasteiger partial charge in [0.2, 0.25) is 11.8 Å². The molecule has 0 saturated carbocycles. The normalized spacial score (nSPS) is 17.9. The third-order valence-corrected chi connectivity index (χ3v) is 3.09. The van der Waals surface area contributed by atoms with Gasteiger partial charge in [-0.1, -0.05) is 0 Å². The van der Waals surface area contributed by atoms with Crippen LogP contribution in [0.5, 0.6) is 0 Å². The maximum atomic E-state index is 12.0. The van der Waals surface area contributed by atoms with Crippen LogP contribution in [0.15, 0.2) is 0 Å². The zero-order valence-electron chi connectivity index (χ0n) is 11.3. The molecule has 2 unspecified atom stereocenters. The van der Waals surface area contributed by atoms with Crippen molar-refractivity contribution < 1.29 is 19.5 Å². The molecule has 0 radical (unpaired) electrons. The first-order valence-corrected chi connectivity index (χ1v) is 6.44. The molecule has 0 aromatic carbocycles. The van der Waals surface area contributed by atoms with E-state index in [0.29, 0.717) is 0 Å². The minimum Gasteiger partial charge on any atom is -0.480 e. The number of nitrogens with zero attached hydrogens (tertiary/aromatic N) is 1. The Bertz CT molecular complexity index is 353. The predicted molar refractivity (Wildman–Crippen MR) is 68.5 cm³/mol. The summed E-state index contributed by atoms with van der Waals surface area (Å²) >= 11 is 0. The Labute approximate surface area is 112 Å². The second kappa shape index (κ2) is 7.08. The second-order valence-corrected chi connectivity index (χ2v) is 4.75. The van der Waals surface area contributed by atoms with Crippen molar-refractivity contribution in [2.75, 3.05) is 19.6 Å². The van der Waals surface area contributed by atoms with Crippen LogP contribution >= 0.6 is 0 Å². The van der Waals surface area contributed by atoms with Crippen molar-refractivity contribution >= 4 is 17.8 Å². The van der Waals surface area contributed by atoms with Gasteiger partial charge < -0.3 is 20.6 Å². The van der Waals surface area contributed by atoms with Gasteiger partial charge in [0, 0.05) is 26.6 Å². The smallest absolute Gasteiger partial charge is 0.327 e. The molecule has 0 bridgehead atoms. The van der Waals surface area contributed by atoms with Gasteiger partial charge in [0.05, 0.1) is 6.04 Å². The highest BCUT2D eigenvalue weighted by atomic mass is 16.4. The van der Waals surface area contributed by atoms with E-state index in [-0.39, 0.29) is 12.5 Å². The molecule has 0 spiro atoms. The predicted octanol–water partition coefficient (Wildman–Crippen LogP) is -0.824. The second-order valence-electron chi connectivity index (χ2n) is 4.75. The van der Waals surface area contributed by atoms with E-state index in [1.165, 1.54) is 6.92 Å². The summed E-state index contributed by atoms with van der Waals surface area (Å²) in [4.78, 5) is 35.5. The van der Waals surface area contributed by atoms with Crippen molar-refractivity contribution in [3.63, 3.8) is 0 Å². The average Bonchev–Trinajstić information content (AvgIpc) is 2.85. The van der Waals surface area contributed by atoms with E-state index < -0.39 is 24.0 Å². The van der Waals surface area contributed by atoms with E-state index in [0.717, 1.165) is 25.9 Å². The lowest BCUT2D eigenvalue weighted by Gasteiger charge is -2.22. The SMILES string of the molecule is CC(=O)NC(CNC(C)C(=O)N1CCCC1)C(=O)O. The highest BCUT2D eigenvalue weighted by molar-refractivity contribution is 5.83. The molecule has 1 saturated heterocycles. The van der Waals surface area contributed by atoms with Crippen molar-refractivity contribution in [1.29, 1.82) is 0 Å². The maximum Gasteiger partial charge on any atom is 0.327 e. The van der Waals surface area contributed by atoms with E-state index >= 15 is 0 Å². The number of carbonyl (C=O) groups excluding carboxylic acids is 2. The van der Waals surface area contributed by atoms with Gasteiger partial charge in [-0.3, -0.25) is 9.59 Å². The molecule has 0 aromatic rings. The fourth-order valence-electron chi connectivity index (χ4n) is 2.04. The molecular formula is C12H21N3O4. The summed E-state index contributed by atoms with van der Waals surface area (Å²) in [6.07, 6.45) is 2.03. The first-order valence-electron chi connectivity index (χ1n) is 6.44. The number of nitrogens with one attached hydrogen (secondary N) is 2. The molecule has 1 aliphatic rings. The Balaban J connectivity index is 2.42. The zero-order chi connectivity index (χ0) is 14.4. The Morgan fingerprint density at radius 3 is 2.32 bits per heavy atom. The molecule has 1 heterocycles. The molecular weight excluding hydrogens is 250 g/mol. The van der Waals surface area contributed by atoms with Crippen LogP contribution in [0.1, 0.15) is 26.7 Å². The number of rotatable bonds is 6. The van der Waals surface area contributed by atoms with Crippen molar-refractivity contribution in [3.8, 4) is 0 Å². The van der Waals surface area contributed by atoms with Gasteiger partial charge in [-0.15, -0.1) is 0 Å². The molecule has 2 amide bonds. The van der Waals surface area contributed by atoms with Crippen LogP contribution in [0.2, 0.25) is 0 Å². The van der Waals surface area contributed by atoms with Crippen LogP contribution in [0.25, 0.3) is 0 Å². The molecule has 1 rings (SSSR count). The number of aliphatic carboxylic acids is 1. The van der Waals surface area contributed by atoms with Crippen LogP contribution < -0.4 is 10.6 Å². The standard InChI is InChI=1S/C12H21N3O4/c1-8(11(17)15-5-3-4-6-15)13-7-10(12(18)19)14-9(2)16/h8,10,13H,3-7H2,1-2H3,(H,14,16)(H,18,19). The summed E-state index contributed by atoms with van der Waals surface area (Å²) < 4.78 is 0. The third-order valence-electron chi connectivity index (χ3n) is 3.09. The van der Waals surface area contributed by atoms with Gasteiger partial charge in [0.1, 0.15) is 6.04 Å². The number of carboxylic acids is 1. The molecule has 1 fully saturated rings. The van der Waals surface area contributed by atoms with E-state index in [1.807, 2.05) is 0 Å². The van der Waals surface area contributed by atoms with Gasteiger partial charge in [-0.05, 0) is 19.8 Å². The summed E-state index contributed by atoms with van der Waals surface area (Å²) in [5.74, 6) is -1.55. The van der Waals surface area contributed by atoms with Crippen LogP contribution in [0.4, 0.5) is 0 Å². The quantitative estimate of drug-likeness (QED) is 0.586. The minimum atomic E-state index is -1.12. The largest absolute Gasteiger partial charge is 0.480 e. The number of hydrogen-bond acceptors (Lipinski definition) is 4. The summed E-state index contributed by atoms with van der Waals surface area (Å²) in [5, 5.41) is 14.1. The Morgan fingerprint density at radius 2 is 1.84 bits per heavy atom. The van der Waals surface area contributed by atoms with E-state index in [1.54, 1.807) is 11.8 Å². The summed E-state index contributed by atoms with van der Waals surface area (Å²) in [6, 6.07) is -1.47. The highest BCUT2D eigenvalue weighted by Crippen LogP contribution is 2.08.